The number of benzene rings is 1. The molecule has 10 heteroatoms. The van der Waals surface area contributed by atoms with Gasteiger partial charge in [-0.05, 0) is 18.2 Å². The van der Waals surface area contributed by atoms with Gasteiger partial charge >= 0.3 is 6.18 Å². The number of aromatic amines is 1. The highest BCUT2D eigenvalue weighted by Gasteiger charge is 2.62. The molecule has 1 N–H and O–H groups in total. The standard InChI is InChI=1S/C17H15F3N4O3/c18-17(19,20)15-21-10-2-1-9(7-11(10)22-15)14(26)23-4-3-16-12(23)8-13(25)24(16)5-6-27-16/h1-2,7,12H,3-6,8H2,(H,21,22)/t12-,16+/m1/s1. The summed E-state index contributed by atoms with van der Waals surface area (Å²) in [6.07, 6.45) is -3.84. The van der Waals surface area contributed by atoms with Crippen molar-refractivity contribution in [2.24, 2.45) is 0 Å². The Hall–Kier alpha value is -2.62. The van der Waals surface area contributed by atoms with Crippen LogP contribution in [0.4, 0.5) is 13.2 Å². The van der Waals surface area contributed by atoms with Gasteiger partial charge in [0, 0.05) is 25.1 Å². The molecule has 0 saturated carbocycles. The lowest BCUT2D eigenvalue weighted by molar-refractivity contribution is -0.144. The first-order valence-electron chi connectivity index (χ1n) is 8.62. The molecule has 2 amide bonds. The first-order valence-corrected chi connectivity index (χ1v) is 8.62. The average molecular weight is 380 g/mol. The number of carbonyl (C=O) groups is 2. The van der Waals surface area contributed by atoms with Crippen molar-refractivity contribution in [2.45, 2.75) is 30.8 Å². The van der Waals surface area contributed by atoms with Gasteiger partial charge in [-0.15, -0.1) is 0 Å². The third-order valence-electron chi connectivity index (χ3n) is 5.66. The van der Waals surface area contributed by atoms with Crippen molar-refractivity contribution >= 4 is 22.8 Å². The predicted octanol–water partition coefficient (Wildman–Crippen LogP) is 1.75. The molecule has 1 spiro atoms. The minimum Gasteiger partial charge on any atom is -0.351 e. The number of hydrogen-bond donors (Lipinski definition) is 1. The number of rotatable bonds is 1. The zero-order valence-corrected chi connectivity index (χ0v) is 14.0. The van der Waals surface area contributed by atoms with Crippen LogP contribution in [-0.4, -0.2) is 63.0 Å². The number of amides is 2. The van der Waals surface area contributed by atoms with Crippen molar-refractivity contribution in [3.05, 3.63) is 29.6 Å². The molecule has 3 saturated heterocycles. The first-order chi connectivity index (χ1) is 12.8. The Balaban J connectivity index is 1.47. The van der Waals surface area contributed by atoms with Crippen molar-refractivity contribution in [1.29, 1.82) is 0 Å². The Labute approximate surface area is 151 Å². The molecule has 27 heavy (non-hydrogen) atoms. The van der Waals surface area contributed by atoms with Gasteiger partial charge in [-0.1, -0.05) is 0 Å². The van der Waals surface area contributed by atoms with E-state index in [0.717, 1.165) is 0 Å². The monoisotopic (exact) mass is 380 g/mol. The van der Waals surface area contributed by atoms with Crippen LogP contribution >= 0.6 is 0 Å². The average Bonchev–Trinajstić information content (AvgIpc) is 3.34. The fourth-order valence-corrected chi connectivity index (χ4v) is 4.48. The number of carbonyl (C=O) groups excluding carboxylic acids is 2. The number of likely N-dealkylation sites (tertiary alicyclic amines) is 1. The highest BCUT2D eigenvalue weighted by molar-refractivity contribution is 5.98. The van der Waals surface area contributed by atoms with E-state index in [1.165, 1.54) is 18.2 Å². The molecule has 1 aromatic carbocycles. The number of fused-ring (bicyclic) bond motifs is 1. The maximum Gasteiger partial charge on any atom is 0.449 e. The summed E-state index contributed by atoms with van der Waals surface area (Å²) >= 11 is 0. The number of H-pyrrole nitrogens is 1. The Morgan fingerprint density at radius 2 is 2.15 bits per heavy atom. The van der Waals surface area contributed by atoms with Crippen LogP contribution in [0.3, 0.4) is 0 Å². The van der Waals surface area contributed by atoms with Crippen LogP contribution in [0.1, 0.15) is 29.0 Å². The molecule has 0 radical (unpaired) electrons. The summed E-state index contributed by atoms with van der Waals surface area (Å²) in [6, 6.07) is 3.84. The van der Waals surface area contributed by atoms with Crippen LogP contribution in [0.25, 0.3) is 11.0 Å². The van der Waals surface area contributed by atoms with Gasteiger partial charge in [0.05, 0.1) is 30.1 Å². The van der Waals surface area contributed by atoms with E-state index in [0.29, 0.717) is 26.1 Å². The zero-order valence-electron chi connectivity index (χ0n) is 14.0. The van der Waals surface area contributed by atoms with E-state index in [-0.39, 0.29) is 40.9 Å². The number of nitrogens with zero attached hydrogens (tertiary/aromatic N) is 3. The Kier molecular flexibility index (Phi) is 3.20. The van der Waals surface area contributed by atoms with Crippen molar-refractivity contribution in [3.8, 4) is 0 Å². The van der Waals surface area contributed by atoms with Crippen molar-refractivity contribution < 1.29 is 27.5 Å². The third kappa shape index (κ3) is 2.22. The van der Waals surface area contributed by atoms with Gasteiger partial charge < -0.3 is 19.5 Å². The summed E-state index contributed by atoms with van der Waals surface area (Å²) in [6.45, 7) is 1.41. The van der Waals surface area contributed by atoms with Crippen LogP contribution in [0.2, 0.25) is 0 Å². The SMILES string of the molecule is O=C(c1ccc2nc(C(F)(F)F)[nH]c2c1)N1CC[C@@]23OCCN2C(=O)C[C@@H]13. The number of aromatic nitrogens is 2. The van der Waals surface area contributed by atoms with Crippen LogP contribution < -0.4 is 0 Å². The van der Waals surface area contributed by atoms with E-state index in [9.17, 15) is 22.8 Å². The van der Waals surface area contributed by atoms with E-state index < -0.39 is 17.7 Å². The number of hydrogen-bond acceptors (Lipinski definition) is 4. The molecule has 0 aliphatic carbocycles. The topological polar surface area (TPSA) is 78.5 Å². The Morgan fingerprint density at radius 3 is 2.93 bits per heavy atom. The maximum absolute atomic E-state index is 13.0. The second-order valence-corrected chi connectivity index (χ2v) is 7.02. The van der Waals surface area contributed by atoms with E-state index in [1.807, 2.05) is 0 Å². The summed E-state index contributed by atoms with van der Waals surface area (Å²) in [4.78, 5) is 34.3. The lowest BCUT2D eigenvalue weighted by Crippen LogP contribution is -2.48. The molecular formula is C17H15F3N4O3. The van der Waals surface area contributed by atoms with Crippen molar-refractivity contribution in [2.75, 3.05) is 19.7 Å². The number of alkyl halides is 3. The molecule has 0 bridgehead atoms. The summed E-state index contributed by atoms with van der Waals surface area (Å²) in [5.74, 6) is -1.46. The normalized spacial score (nSPS) is 27.5. The summed E-state index contributed by atoms with van der Waals surface area (Å²) < 4.78 is 44.3. The van der Waals surface area contributed by atoms with E-state index in [4.69, 9.17) is 4.74 Å². The second kappa shape index (κ2) is 5.22. The van der Waals surface area contributed by atoms with Gasteiger partial charge in [-0.3, -0.25) is 9.59 Å². The van der Waals surface area contributed by atoms with Gasteiger partial charge in [0.1, 0.15) is 0 Å². The predicted molar refractivity (Wildman–Crippen MR) is 85.6 cm³/mol. The minimum atomic E-state index is -4.59. The molecule has 7 nitrogen and oxygen atoms in total. The van der Waals surface area contributed by atoms with Gasteiger partial charge in [0.25, 0.3) is 5.91 Å². The molecule has 5 rings (SSSR count). The Bertz CT molecular complexity index is 972. The van der Waals surface area contributed by atoms with Crippen molar-refractivity contribution in [1.82, 2.24) is 19.8 Å². The number of halogens is 3. The third-order valence-corrected chi connectivity index (χ3v) is 5.66. The first kappa shape index (κ1) is 16.5. The lowest BCUT2D eigenvalue weighted by Gasteiger charge is -2.31. The molecule has 142 valence electrons. The molecule has 0 unspecified atom stereocenters. The Morgan fingerprint density at radius 1 is 1.33 bits per heavy atom. The summed E-state index contributed by atoms with van der Waals surface area (Å²) in [7, 11) is 0. The molecule has 4 heterocycles. The number of ether oxygens (including phenoxy) is 1. The smallest absolute Gasteiger partial charge is 0.351 e. The fourth-order valence-electron chi connectivity index (χ4n) is 4.48. The van der Waals surface area contributed by atoms with Crippen LogP contribution in [0.15, 0.2) is 18.2 Å². The van der Waals surface area contributed by atoms with Gasteiger partial charge in [-0.25, -0.2) is 4.98 Å². The maximum atomic E-state index is 13.0. The van der Waals surface area contributed by atoms with Crippen molar-refractivity contribution in [3.63, 3.8) is 0 Å². The van der Waals surface area contributed by atoms with E-state index in [2.05, 4.69) is 9.97 Å². The highest BCUT2D eigenvalue weighted by atomic mass is 19.4. The van der Waals surface area contributed by atoms with Crippen LogP contribution in [0.5, 0.6) is 0 Å². The zero-order chi connectivity index (χ0) is 19.0. The fraction of sp³-hybridized carbons (Fsp3) is 0.471. The number of imidazole rings is 1. The largest absolute Gasteiger partial charge is 0.449 e. The highest BCUT2D eigenvalue weighted by Crippen LogP contribution is 2.46. The second-order valence-electron chi connectivity index (χ2n) is 7.02. The minimum absolute atomic E-state index is 0.0335. The molecule has 2 atom stereocenters. The van der Waals surface area contributed by atoms with Gasteiger partial charge in [0.15, 0.2) is 5.72 Å². The summed E-state index contributed by atoms with van der Waals surface area (Å²) in [5.41, 5.74) is -0.212. The molecular weight excluding hydrogens is 365 g/mol. The van der Waals surface area contributed by atoms with Gasteiger partial charge in [0.2, 0.25) is 11.7 Å². The van der Waals surface area contributed by atoms with Crippen LogP contribution in [0, 0.1) is 0 Å². The lowest BCUT2D eigenvalue weighted by atomic mass is 10.1. The number of nitrogens with one attached hydrogen (secondary N) is 1. The molecule has 3 aliphatic heterocycles. The van der Waals surface area contributed by atoms with Gasteiger partial charge in [-0.2, -0.15) is 13.2 Å². The molecule has 3 aliphatic rings. The quantitative estimate of drug-likeness (QED) is 0.818. The molecule has 3 fully saturated rings. The van der Waals surface area contributed by atoms with E-state index in [1.54, 1.807) is 9.80 Å². The molecule has 1 aromatic heterocycles. The van der Waals surface area contributed by atoms with E-state index >= 15 is 0 Å². The summed E-state index contributed by atoms with van der Waals surface area (Å²) in [5, 5.41) is 0. The van der Waals surface area contributed by atoms with Crippen LogP contribution in [-0.2, 0) is 15.7 Å². The molecule has 2 aromatic rings.